The molecule has 0 fully saturated rings. The summed E-state index contributed by atoms with van der Waals surface area (Å²) in [5.74, 6) is 0. The Hall–Kier alpha value is -0.520. The predicted octanol–water partition coefficient (Wildman–Crippen LogP) is 4.87. The van der Waals surface area contributed by atoms with Gasteiger partial charge in [0.15, 0.2) is 0 Å². The molecule has 0 bridgehead atoms. The molecule has 0 saturated carbocycles. The molecule has 0 aliphatic heterocycles. The number of unbranched alkanes of at least 4 members (excludes halogenated alkanes) is 2. The SMILES string of the molecule is CCCCC1(CCCC)C=CC=CC1. The largest absolute Gasteiger partial charge is 0.0837 e. The van der Waals surface area contributed by atoms with Crippen molar-refractivity contribution in [3.05, 3.63) is 24.3 Å². The van der Waals surface area contributed by atoms with Crippen LogP contribution in [0.3, 0.4) is 0 Å². The third-order valence-corrected chi connectivity index (χ3v) is 3.28. The monoisotopic (exact) mass is 192 g/mol. The Morgan fingerprint density at radius 3 is 2.07 bits per heavy atom. The van der Waals surface area contributed by atoms with Gasteiger partial charge in [0.25, 0.3) is 0 Å². The topological polar surface area (TPSA) is 0 Å². The van der Waals surface area contributed by atoms with Crippen molar-refractivity contribution in [2.75, 3.05) is 0 Å². The first-order valence-corrected chi connectivity index (χ1v) is 6.17. The van der Waals surface area contributed by atoms with E-state index in [0.717, 1.165) is 0 Å². The van der Waals surface area contributed by atoms with Gasteiger partial charge in [-0.1, -0.05) is 63.8 Å². The molecule has 1 aliphatic carbocycles. The Morgan fingerprint density at radius 1 is 1.00 bits per heavy atom. The third-order valence-electron chi connectivity index (χ3n) is 3.28. The fourth-order valence-corrected chi connectivity index (χ4v) is 2.26. The van der Waals surface area contributed by atoms with Gasteiger partial charge in [-0.15, -0.1) is 0 Å². The van der Waals surface area contributed by atoms with Crippen molar-refractivity contribution in [2.24, 2.45) is 5.41 Å². The van der Waals surface area contributed by atoms with Gasteiger partial charge in [0.1, 0.15) is 0 Å². The molecule has 0 spiro atoms. The van der Waals surface area contributed by atoms with Gasteiger partial charge in [0.05, 0.1) is 0 Å². The highest BCUT2D eigenvalue weighted by molar-refractivity contribution is 5.16. The molecular weight excluding hydrogens is 168 g/mol. The van der Waals surface area contributed by atoms with Gasteiger partial charge in [0.2, 0.25) is 0 Å². The molecule has 0 aromatic rings. The summed E-state index contributed by atoms with van der Waals surface area (Å²) < 4.78 is 0. The van der Waals surface area contributed by atoms with Crippen molar-refractivity contribution in [1.82, 2.24) is 0 Å². The van der Waals surface area contributed by atoms with Gasteiger partial charge in [-0.25, -0.2) is 0 Å². The van der Waals surface area contributed by atoms with Crippen LogP contribution in [0.5, 0.6) is 0 Å². The summed E-state index contributed by atoms with van der Waals surface area (Å²) in [6, 6.07) is 0. The van der Waals surface area contributed by atoms with E-state index in [0.29, 0.717) is 5.41 Å². The zero-order valence-electron chi connectivity index (χ0n) is 9.76. The molecule has 0 radical (unpaired) electrons. The number of hydrogen-bond donors (Lipinski definition) is 0. The third kappa shape index (κ3) is 3.32. The summed E-state index contributed by atoms with van der Waals surface area (Å²) in [5.41, 5.74) is 0.515. The fraction of sp³-hybridized carbons (Fsp3) is 0.714. The first kappa shape index (κ1) is 11.6. The maximum atomic E-state index is 2.46. The van der Waals surface area contributed by atoms with Gasteiger partial charge in [-0.3, -0.25) is 0 Å². The van der Waals surface area contributed by atoms with E-state index < -0.39 is 0 Å². The number of allylic oxidation sites excluding steroid dienone is 4. The summed E-state index contributed by atoms with van der Waals surface area (Å²) in [6.07, 6.45) is 18.7. The summed E-state index contributed by atoms with van der Waals surface area (Å²) in [5, 5.41) is 0. The van der Waals surface area contributed by atoms with E-state index >= 15 is 0 Å². The number of rotatable bonds is 6. The summed E-state index contributed by atoms with van der Waals surface area (Å²) in [4.78, 5) is 0. The molecule has 0 saturated heterocycles. The lowest BCUT2D eigenvalue weighted by atomic mass is 9.74. The standard InChI is InChI=1S/C14H24/c1-3-5-10-14(11-6-4-2)12-8-7-9-13-14/h7-9,12H,3-6,10-11,13H2,1-2H3. The molecule has 14 heavy (non-hydrogen) atoms. The normalized spacial score (nSPS) is 18.7. The molecule has 1 aliphatic rings. The Bertz CT molecular complexity index is 190. The van der Waals surface area contributed by atoms with Gasteiger partial charge in [-0.2, -0.15) is 0 Å². The van der Waals surface area contributed by atoms with Crippen molar-refractivity contribution in [3.63, 3.8) is 0 Å². The van der Waals surface area contributed by atoms with Gasteiger partial charge in [0, 0.05) is 0 Å². The van der Waals surface area contributed by atoms with Crippen LogP contribution in [-0.2, 0) is 0 Å². The van der Waals surface area contributed by atoms with Crippen LogP contribution in [0, 0.1) is 5.41 Å². The average molecular weight is 192 g/mol. The van der Waals surface area contributed by atoms with Crippen LogP contribution in [0.4, 0.5) is 0 Å². The van der Waals surface area contributed by atoms with Gasteiger partial charge < -0.3 is 0 Å². The van der Waals surface area contributed by atoms with Crippen molar-refractivity contribution in [3.8, 4) is 0 Å². The lowest BCUT2D eigenvalue weighted by Crippen LogP contribution is -2.18. The van der Waals surface area contributed by atoms with Crippen LogP contribution in [-0.4, -0.2) is 0 Å². The molecule has 0 N–H and O–H groups in total. The van der Waals surface area contributed by atoms with E-state index in [1.807, 2.05) is 0 Å². The molecule has 0 heterocycles. The molecule has 0 nitrogen and oxygen atoms in total. The summed E-state index contributed by atoms with van der Waals surface area (Å²) in [7, 11) is 0. The second-order valence-corrected chi connectivity index (χ2v) is 4.56. The maximum absolute atomic E-state index is 2.46. The molecule has 0 atom stereocenters. The highest BCUT2D eigenvalue weighted by Gasteiger charge is 2.25. The Labute approximate surface area is 89.1 Å². The molecule has 0 unspecified atom stereocenters. The molecule has 0 amide bonds. The van der Waals surface area contributed by atoms with Crippen molar-refractivity contribution in [1.29, 1.82) is 0 Å². The summed E-state index contributed by atoms with van der Waals surface area (Å²) in [6.45, 7) is 4.58. The Kier molecular flexibility index (Phi) is 5.00. The average Bonchev–Trinajstić information content (AvgIpc) is 2.25. The maximum Gasteiger partial charge on any atom is -0.00805 e. The molecule has 0 aromatic carbocycles. The van der Waals surface area contributed by atoms with Crippen molar-refractivity contribution in [2.45, 2.75) is 58.8 Å². The Balaban J connectivity index is 2.50. The van der Waals surface area contributed by atoms with Crippen molar-refractivity contribution < 1.29 is 0 Å². The molecule has 1 rings (SSSR count). The molecule has 0 aromatic heterocycles. The van der Waals surface area contributed by atoms with Crippen LogP contribution >= 0.6 is 0 Å². The Morgan fingerprint density at radius 2 is 1.64 bits per heavy atom. The smallest absolute Gasteiger partial charge is 0.00805 e. The molecule has 80 valence electrons. The minimum atomic E-state index is 0.515. The number of hydrogen-bond acceptors (Lipinski definition) is 0. The second kappa shape index (κ2) is 6.06. The first-order chi connectivity index (χ1) is 6.83. The van der Waals surface area contributed by atoms with Gasteiger partial charge >= 0.3 is 0 Å². The lowest BCUT2D eigenvalue weighted by Gasteiger charge is -2.31. The van der Waals surface area contributed by atoms with E-state index in [1.165, 1.54) is 44.9 Å². The highest BCUT2D eigenvalue weighted by Crippen LogP contribution is 2.38. The summed E-state index contributed by atoms with van der Waals surface area (Å²) >= 11 is 0. The van der Waals surface area contributed by atoms with E-state index in [-0.39, 0.29) is 0 Å². The minimum Gasteiger partial charge on any atom is -0.0837 e. The highest BCUT2D eigenvalue weighted by atomic mass is 14.3. The van der Waals surface area contributed by atoms with E-state index in [1.54, 1.807) is 0 Å². The van der Waals surface area contributed by atoms with Crippen LogP contribution in [0.25, 0.3) is 0 Å². The molecule has 0 heteroatoms. The van der Waals surface area contributed by atoms with Crippen LogP contribution in [0.15, 0.2) is 24.3 Å². The van der Waals surface area contributed by atoms with Crippen LogP contribution in [0.1, 0.15) is 58.8 Å². The van der Waals surface area contributed by atoms with Crippen LogP contribution < -0.4 is 0 Å². The zero-order chi connectivity index (χ0) is 10.3. The quantitative estimate of drug-likeness (QED) is 0.563. The van der Waals surface area contributed by atoms with Crippen molar-refractivity contribution >= 4 is 0 Å². The first-order valence-electron chi connectivity index (χ1n) is 6.17. The fourth-order valence-electron chi connectivity index (χ4n) is 2.26. The lowest BCUT2D eigenvalue weighted by molar-refractivity contribution is 0.304. The zero-order valence-corrected chi connectivity index (χ0v) is 9.76. The van der Waals surface area contributed by atoms with E-state index in [9.17, 15) is 0 Å². The van der Waals surface area contributed by atoms with Crippen LogP contribution in [0.2, 0.25) is 0 Å². The molecular formula is C14H24. The van der Waals surface area contributed by atoms with E-state index in [4.69, 9.17) is 0 Å². The predicted molar refractivity (Wildman–Crippen MR) is 64.4 cm³/mol. The van der Waals surface area contributed by atoms with E-state index in [2.05, 4.69) is 38.2 Å². The minimum absolute atomic E-state index is 0.515. The second-order valence-electron chi connectivity index (χ2n) is 4.56. The van der Waals surface area contributed by atoms with Gasteiger partial charge in [-0.05, 0) is 24.7 Å².